The van der Waals surface area contributed by atoms with Gasteiger partial charge in [-0.15, -0.1) is 0 Å². The van der Waals surface area contributed by atoms with E-state index < -0.39 is 66.8 Å². The predicted molar refractivity (Wildman–Crippen MR) is 88.0 cm³/mol. The van der Waals surface area contributed by atoms with Gasteiger partial charge < -0.3 is 29.4 Å². The summed E-state index contributed by atoms with van der Waals surface area (Å²) in [5.41, 5.74) is 5.21. The van der Waals surface area contributed by atoms with Gasteiger partial charge in [0.15, 0.2) is 18.3 Å². The van der Waals surface area contributed by atoms with Gasteiger partial charge >= 0.3 is 29.8 Å². The molecule has 0 aliphatic rings. The molecule has 0 unspecified atom stereocenters. The van der Waals surface area contributed by atoms with Gasteiger partial charge in [-0.25, -0.2) is 0 Å². The van der Waals surface area contributed by atoms with Crippen LogP contribution in [0.2, 0.25) is 0 Å². The molecule has 0 aromatic rings. The fraction of sp³-hybridized carbons (Fsp3) is 0.625. The lowest BCUT2D eigenvalue weighted by atomic mass is 10.0. The molecular formula is C16H23NO11. The Morgan fingerprint density at radius 3 is 1.43 bits per heavy atom. The van der Waals surface area contributed by atoms with E-state index in [1.54, 1.807) is 0 Å². The number of nitrogens with two attached hydrogens (primary N) is 1. The van der Waals surface area contributed by atoms with Crippen LogP contribution in [0.1, 0.15) is 34.6 Å². The van der Waals surface area contributed by atoms with Gasteiger partial charge in [-0.1, -0.05) is 0 Å². The maximum atomic E-state index is 11.8. The molecule has 0 bridgehead atoms. The van der Waals surface area contributed by atoms with E-state index in [1.165, 1.54) is 0 Å². The van der Waals surface area contributed by atoms with E-state index in [-0.39, 0.29) is 0 Å². The normalized spacial score (nSPS) is 14.5. The van der Waals surface area contributed by atoms with Crippen molar-refractivity contribution in [3.63, 3.8) is 0 Å². The van der Waals surface area contributed by atoms with Gasteiger partial charge in [0.2, 0.25) is 6.10 Å². The van der Waals surface area contributed by atoms with Crippen LogP contribution >= 0.6 is 0 Å². The zero-order valence-electron chi connectivity index (χ0n) is 16.1. The summed E-state index contributed by atoms with van der Waals surface area (Å²) in [4.78, 5) is 68.7. The van der Waals surface area contributed by atoms with E-state index in [4.69, 9.17) is 29.4 Å². The van der Waals surface area contributed by atoms with E-state index in [2.05, 4.69) is 0 Å². The van der Waals surface area contributed by atoms with Crippen LogP contribution in [-0.4, -0.2) is 66.8 Å². The third-order valence-electron chi connectivity index (χ3n) is 2.93. The summed E-state index contributed by atoms with van der Waals surface area (Å²) in [6.45, 7) is 4.39. The maximum Gasteiger partial charge on any atom is 0.303 e. The lowest BCUT2D eigenvalue weighted by Gasteiger charge is -2.34. The van der Waals surface area contributed by atoms with E-state index >= 15 is 0 Å². The topological polar surface area (TPSA) is 175 Å². The third kappa shape index (κ3) is 9.50. The van der Waals surface area contributed by atoms with E-state index in [0.717, 1.165) is 34.6 Å². The summed E-state index contributed by atoms with van der Waals surface area (Å²) in [7, 11) is 0. The molecule has 0 saturated carbocycles. The highest BCUT2D eigenvalue weighted by Gasteiger charge is 2.46. The van der Waals surface area contributed by atoms with Gasteiger partial charge in [-0.05, 0) is 0 Å². The van der Waals surface area contributed by atoms with Crippen molar-refractivity contribution in [2.45, 2.75) is 59.0 Å². The maximum absolute atomic E-state index is 11.8. The van der Waals surface area contributed by atoms with Crippen molar-refractivity contribution in [3.8, 4) is 0 Å². The summed E-state index contributed by atoms with van der Waals surface area (Å²) in [5, 5.41) is 0. The van der Waals surface area contributed by atoms with Crippen molar-refractivity contribution < 1.29 is 52.5 Å². The van der Waals surface area contributed by atoms with Crippen LogP contribution in [0.3, 0.4) is 0 Å². The molecular weight excluding hydrogens is 382 g/mol. The molecule has 158 valence electrons. The van der Waals surface area contributed by atoms with Gasteiger partial charge in [-0.2, -0.15) is 0 Å². The molecule has 0 aromatic heterocycles. The zero-order valence-corrected chi connectivity index (χ0v) is 16.1. The zero-order chi connectivity index (χ0) is 22.0. The van der Waals surface area contributed by atoms with E-state index in [1.807, 2.05) is 0 Å². The molecule has 1 amide bonds. The molecule has 12 nitrogen and oxygen atoms in total. The summed E-state index contributed by atoms with van der Waals surface area (Å²) >= 11 is 0. The van der Waals surface area contributed by atoms with Gasteiger partial charge in [0.05, 0.1) is 0 Å². The minimum Gasteiger partial charge on any atom is -0.462 e. The molecule has 0 radical (unpaired) electrons. The largest absolute Gasteiger partial charge is 0.462 e. The molecule has 2 N–H and O–H groups in total. The van der Waals surface area contributed by atoms with Crippen LogP contribution in [0.5, 0.6) is 0 Å². The summed E-state index contributed by atoms with van der Waals surface area (Å²) in [5.74, 6) is -5.67. The molecule has 0 rings (SSSR count). The predicted octanol–water partition coefficient (Wildman–Crippen LogP) is -1.24. The highest BCUT2D eigenvalue weighted by molar-refractivity contribution is 5.83. The van der Waals surface area contributed by atoms with Crippen molar-refractivity contribution in [2.75, 3.05) is 6.61 Å². The summed E-state index contributed by atoms with van der Waals surface area (Å²) in [6.07, 6.45) is -6.88. The number of hydrogen-bond donors (Lipinski definition) is 1. The van der Waals surface area contributed by atoms with E-state index in [0.29, 0.717) is 0 Å². The molecule has 4 atom stereocenters. The number of ether oxygens (including phenoxy) is 5. The second-order valence-electron chi connectivity index (χ2n) is 5.53. The van der Waals surface area contributed by atoms with Crippen molar-refractivity contribution in [3.05, 3.63) is 0 Å². The quantitative estimate of drug-likeness (QED) is 0.340. The first-order valence-electron chi connectivity index (χ1n) is 7.96. The smallest absolute Gasteiger partial charge is 0.303 e. The van der Waals surface area contributed by atoms with Crippen molar-refractivity contribution in [1.29, 1.82) is 0 Å². The minimum absolute atomic E-state index is 0.615. The second kappa shape index (κ2) is 11.5. The van der Waals surface area contributed by atoms with Crippen LogP contribution in [0.25, 0.3) is 0 Å². The lowest BCUT2D eigenvalue weighted by Crippen LogP contribution is -2.56. The van der Waals surface area contributed by atoms with Gasteiger partial charge in [-0.3, -0.25) is 28.8 Å². The Balaban J connectivity index is 6.18. The average molecular weight is 405 g/mol. The molecule has 0 aliphatic heterocycles. The SMILES string of the molecule is CC(=O)OC[C@H](OC(C)=O)[C@H](OC(C)=O)[C@@H](OC(C)=O)[C@H](OC(C)=O)C(N)=O. The van der Waals surface area contributed by atoms with Crippen LogP contribution in [-0.2, 0) is 52.5 Å². The summed E-state index contributed by atoms with van der Waals surface area (Å²) < 4.78 is 24.6. The minimum atomic E-state index is -1.89. The number of esters is 5. The number of hydrogen-bond acceptors (Lipinski definition) is 11. The van der Waals surface area contributed by atoms with Gasteiger partial charge in [0.1, 0.15) is 6.61 Å². The lowest BCUT2D eigenvalue weighted by molar-refractivity contribution is -0.202. The van der Waals surface area contributed by atoms with Crippen LogP contribution in [0.4, 0.5) is 0 Å². The Bertz CT molecular complexity index is 630. The standard InChI is InChI=1S/C16H23NO11/c1-7(18)24-6-12(25-8(2)19)13(26-9(3)20)14(27-10(4)21)15(16(17)23)28-11(5)22/h12-15H,6H2,1-5H3,(H2,17,23)/t12-,13-,14+,15-/m0/s1. The van der Waals surface area contributed by atoms with Crippen LogP contribution in [0, 0.1) is 0 Å². The molecule has 0 spiro atoms. The molecule has 0 aromatic carbocycles. The molecule has 0 heterocycles. The second-order valence-corrected chi connectivity index (χ2v) is 5.53. The Kier molecular flexibility index (Phi) is 10.2. The highest BCUT2D eigenvalue weighted by atomic mass is 16.6. The van der Waals surface area contributed by atoms with Crippen molar-refractivity contribution in [2.24, 2.45) is 5.73 Å². The molecule has 0 saturated heterocycles. The Morgan fingerprint density at radius 2 is 1.07 bits per heavy atom. The Hall–Kier alpha value is -3.18. The van der Waals surface area contributed by atoms with Crippen molar-refractivity contribution >= 4 is 35.8 Å². The monoisotopic (exact) mass is 405 g/mol. The fourth-order valence-electron chi connectivity index (χ4n) is 2.11. The van der Waals surface area contributed by atoms with E-state index in [9.17, 15) is 28.8 Å². The first-order valence-corrected chi connectivity index (χ1v) is 7.96. The highest BCUT2D eigenvalue weighted by Crippen LogP contribution is 2.20. The molecule has 0 fully saturated rings. The van der Waals surface area contributed by atoms with Crippen molar-refractivity contribution in [1.82, 2.24) is 0 Å². The number of primary amides is 1. The molecule has 28 heavy (non-hydrogen) atoms. The van der Waals surface area contributed by atoms with Crippen LogP contribution < -0.4 is 5.73 Å². The molecule has 12 heteroatoms. The Labute approximate surface area is 160 Å². The van der Waals surface area contributed by atoms with Gasteiger partial charge in [0, 0.05) is 34.6 Å². The molecule has 0 aliphatic carbocycles. The number of amides is 1. The summed E-state index contributed by atoms with van der Waals surface area (Å²) in [6, 6.07) is 0. The number of rotatable bonds is 10. The Morgan fingerprint density at radius 1 is 0.643 bits per heavy atom. The average Bonchev–Trinajstić information content (AvgIpc) is 2.51. The third-order valence-corrected chi connectivity index (χ3v) is 2.93. The van der Waals surface area contributed by atoms with Crippen LogP contribution in [0.15, 0.2) is 0 Å². The van der Waals surface area contributed by atoms with Gasteiger partial charge in [0.25, 0.3) is 5.91 Å². The first-order chi connectivity index (χ1) is 12.8. The first kappa shape index (κ1) is 24.8. The number of carbonyl (C=O) groups is 6. The fourth-order valence-corrected chi connectivity index (χ4v) is 2.11. The number of carbonyl (C=O) groups excluding carboxylic acids is 6.